The maximum atomic E-state index is 5.62. The monoisotopic (exact) mass is 285 g/mol. The number of rotatable bonds is 5. The molecule has 0 fully saturated rings. The second kappa shape index (κ2) is 5.81. The van der Waals surface area contributed by atoms with Crippen molar-refractivity contribution >= 4 is 21.4 Å². The number of thiophene rings is 1. The summed E-state index contributed by atoms with van der Waals surface area (Å²) in [5.74, 6) is 1.07. The Balaban J connectivity index is 2.13. The highest BCUT2D eigenvalue weighted by atomic mass is 32.1. The quantitative estimate of drug-likeness (QED) is 0.731. The lowest BCUT2D eigenvalue weighted by atomic mass is 9.97. The predicted molar refractivity (Wildman–Crippen MR) is 85.4 cm³/mol. The fourth-order valence-electron chi connectivity index (χ4n) is 2.73. The van der Waals surface area contributed by atoms with Gasteiger partial charge in [-0.2, -0.15) is 0 Å². The Hall–Kier alpha value is -1.58. The lowest BCUT2D eigenvalue weighted by Crippen LogP contribution is -2.22. The number of fused-ring (bicyclic) bond motifs is 1. The number of hydrogen-bond acceptors (Lipinski definition) is 3. The van der Waals surface area contributed by atoms with E-state index < -0.39 is 0 Å². The van der Waals surface area contributed by atoms with Crippen molar-refractivity contribution < 1.29 is 4.42 Å². The van der Waals surface area contributed by atoms with Crippen LogP contribution in [0.25, 0.3) is 10.1 Å². The molecule has 3 aromatic rings. The van der Waals surface area contributed by atoms with Crippen LogP contribution in [0.3, 0.4) is 0 Å². The van der Waals surface area contributed by atoms with Crippen molar-refractivity contribution in [1.82, 2.24) is 5.32 Å². The minimum Gasteiger partial charge on any atom is -0.469 e. The van der Waals surface area contributed by atoms with Gasteiger partial charge in [0.2, 0.25) is 0 Å². The van der Waals surface area contributed by atoms with Crippen molar-refractivity contribution in [3.63, 3.8) is 0 Å². The summed E-state index contributed by atoms with van der Waals surface area (Å²) < 4.78 is 6.98. The van der Waals surface area contributed by atoms with E-state index in [0.29, 0.717) is 0 Å². The zero-order chi connectivity index (χ0) is 13.9. The van der Waals surface area contributed by atoms with Crippen molar-refractivity contribution in [2.75, 3.05) is 6.54 Å². The molecule has 1 unspecified atom stereocenters. The molecule has 2 heterocycles. The largest absolute Gasteiger partial charge is 0.469 e. The number of aryl methyl sites for hydroxylation is 1. The van der Waals surface area contributed by atoms with Gasteiger partial charge in [-0.15, -0.1) is 11.3 Å². The fourth-order valence-corrected chi connectivity index (χ4v) is 3.68. The third-order valence-corrected chi connectivity index (χ3v) is 4.62. The van der Waals surface area contributed by atoms with Crippen LogP contribution in [-0.2, 0) is 6.42 Å². The van der Waals surface area contributed by atoms with Crippen LogP contribution in [0.5, 0.6) is 0 Å². The van der Waals surface area contributed by atoms with Crippen molar-refractivity contribution in [1.29, 1.82) is 0 Å². The summed E-state index contributed by atoms with van der Waals surface area (Å²) >= 11 is 1.81. The second-order valence-electron chi connectivity index (χ2n) is 4.83. The van der Waals surface area contributed by atoms with Crippen molar-refractivity contribution in [3.8, 4) is 0 Å². The van der Waals surface area contributed by atoms with E-state index in [-0.39, 0.29) is 6.04 Å². The standard InChI is InChI=1S/C17H19NOS/c1-3-15-13(8-10-19-15)16(18-4-2)14-7-5-6-12-9-11-20-17(12)14/h5-11,16,18H,3-4H2,1-2H3. The van der Waals surface area contributed by atoms with Crippen LogP contribution in [0.15, 0.2) is 46.4 Å². The zero-order valence-corrected chi connectivity index (χ0v) is 12.7. The highest BCUT2D eigenvalue weighted by Crippen LogP contribution is 2.34. The SMILES string of the molecule is CCNC(c1ccoc1CC)c1cccc2ccsc12. The molecule has 0 aliphatic carbocycles. The fraction of sp³-hybridized carbons (Fsp3) is 0.294. The normalized spacial score (nSPS) is 12.9. The third-order valence-electron chi connectivity index (χ3n) is 3.64. The van der Waals surface area contributed by atoms with Gasteiger partial charge in [0, 0.05) is 16.7 Å². The van der Waals surface area contributed by atoms with E-state index in [1.165, 1.54) is 21.2 Å². The molecule has 0 bridgehead atoms. The van der Waals surface area contributed by atoms with E-state index in [1.807, 2.05) is 11.3 Å². The molecule has 20 heavy (non-hydrogen) atoms. The molecule has 0 amide bonds. The van der Waals surface area contributed by atoms with Gasteiger partial charge in [0.1, 0.15) is 5.76 Å². The van der Waals surface area contributed by atoms with Crippen molar-refractivity contribution in [2.45, 2.75) is 26.3 Å². The number of nitrogens with one attached hydrogen (secondary N) is 1. The van der Waals surface area contributed by atoms with Crippen LogP contribution in [0.2, 0.25) is 0 Å². The van der Waals surface area contributed by atoms with E-state index in [9.17, 15) is 0 Å². The van der Waals surface area contributed by atoms with Crippen molar-refractivity contribution in [2.24, 2.45) is 0 Å². The first kappa shape index (κ1) is 13.4. The second-order valence-corrected chi connectivity index (χ2v) is 5.75. The number of benzene rings is 1. The van der Waals surface area contributed by atoms with Crippen LogP contribution < -0.4 is 5.32 Å². The minimum atomic E-state index is 0.205. The summed E-state index contributed by atoms with van der Waals surface area (Å²) in [6.45, 7) is 5.21. The summed E-state index contributed by atoms with van der Waals surface area (Å²) in [6.07, 6.45) is 2.72. The molecule has 1 aromatic carbocycles. The Morgan fingerprint density at radius 3 is 2.85 bits per heavy atom. The summed E-state index contributed by atoms with van der Waals surface area (Å²) in [5.41, 5.74) is 2.60. The molecule has 0 radical (unpaired) electrons. The molecule has 0 aliphatic rings. The maximum absolute atomic E-state index is 5.62. The van der Waals surface area contributed by atoms with Crippen LogP contribution in [0.4, 0.5) is 0 Å². The highest BCUT2D eigenvalue weighted by molar-refractivity contribution is 7.17. The lowest BCUT2D eigenvalue weighted by molar-refractivity contribution is 0.502. The molecule has 2 nitrogen and oxygen atoms in total. The van der Waals surface area contributed by atoms with Crippen molar-refractivity contribution in [3.05, 3.63) is 58.9 Å². The first-order valence-electron chi connectivity index (χ1n) is 7.11. The van der Waals surface area contributed by atoms with Gasteiger partial charge in [-0.1, -0.05) is 32.0 Å². The molecule has 2 aromatic heterocycles. The Morgan fingerprint density at radius 2 is 2.05 bits per heavy atom. The van der Waals surface area contributed by atoms with E-state index in [0.717, 1.165) is 18.7 Å². The topological polar surface area (TPSA) is 25.2 Å². The summed E-state index contributed by atoms with van der Waals surface area (Å²) in [4.78, 5) is 0. The summed E-state index contributed by atoms with van der Waals surface area (Å²) in [5, 5.41) is 7.08. The van der Waals surface area contributed by atoms with Crippen LogP contribution in [0, 0.1) is 0 Å². The molecule has 1 atom stereocenters. The predicted octanol–water partition coefficient (Wildman–Crippen LogP) is 4.76. The van der Waals surface area contributed by atoms with Gasteiger partial charge in [-0.05, 0) is 35.0 Å². The third kappa shape index (κ3) is 2.28. The molecule has 0 saturated heterocycles. The van der Waals surface area contributed by atoms with Gasteiger partial charge in [0.15, 0.2) is 0 Å². The highest BCUT2D eigenvalue weighted by Gasteiger charge is 2.20. The first-order chi connectivity index (χ1) is 9.85. The number of hydrogen-bond donors (Lipinski definition) is 1. The zero-order valence-electron chi connectivity index (χ0n) is 11.8. The van der Waals surface area contributed by atoms with E-state index in [4.69, 9.17) is 4.42 Å². The lowest BCUT2D eigenvalue weighted by Gasteiger charge is -2.19. The van der Waals surface area contributed by atoms with E-state index >= 15 is 0 Å². The maximum Gasteiger partial charge on any atom is 0.108 e. The Labute approximate surface area is 123 Å². The average Bonchev–Trinajstić information content (AvgIpc) is 3.12. The first-order valence-corrected chi connectivity index (χ1v) is 7.98. The molecule has 3 heteroatoms. The molecule has 0 aliphatic heterocycles. The van der Waals surface area contributed by atoms with E-state index in [1.54, 1.807) is 6.26 Å². The van der Waals surface area contributed by atoms with Gasteiger partial charge in [0.05, 0.1) is 12.3 Å². The molecule has 104 valence electrons. The van der Waals surface area contributed by atoms with Gasteiger partial charge in [-0.25, -0.2) is 0 Å². The molecule has 1 N–H and O–H groups in total. The minimum absolute atomic E-state index is 0.205. The van der Waals surface area contributed by atoms with Gasteiger partial charge < -0.3 is 9.73 Å². The average molecular weight is 285 g/mol. The van der Waals surface area contributed by atoms with Gasteiger partial charge >= 0.3 is 0 Å². The van der Waals surface area contributed by atoms with Crippen LogP contribution in [0.1, 0.15) is 36.8 Å². The smallest absolute Gasteiger partial charge is 0.108 e. The Morgan fingerprint density at radius 1 is 1.15 bits per heavy atom. The molecule has 3 rings (SSSR count). The number of furan rings is 1. The molecular weight excluding hydrogens is 266 g/mol. The summed E-state index contributed by atoms with van der Waals surface area (Å²) in [7, 11) is 0. The summed E-state index contributed by atoms with van der Waals surface area (Å²) in [6, 6.07) is 11.0. The van der Waals surface area contributed by atoms with Crippen LogP contribution >= 0.6 is 11.3 Å². The molecule has 0 spiro atoms. The van der Waals surface area contributed by atoms with Gasteiger partial charge in [0.25, 0.3) is 0 Å². The Kier molecular flexibility index (Phi) is 3.90. The van der Waals surface area contributed by atoms with Crippen LogP contribution in [-0.4, -0.2) is 6.54 Å². The van der Waals surface area contributed by atoms with E-state index in [2.05, 4.69) is 54.9 Å². The Bertz CT molecular complexity index is 698. The van der Waals surface area contributed by atoms with Gasteiger partial charge in [-0.3, -0.25) is 0 Å². The molecule has 0 saturated carbocycles. The molecular formula is C17H19NOS.